The van der Waals surface area contributed by atoms with Crippen LogP contribution in [0.5, 0.6) is 5.75 Å². The summed E-state index contributed by atoms with van der Waals surface area (Å²) in [5, 5.41) is 12.8. The normalized spacial score (nSPS) is 10.8. The second-order valence-corrected chi connectivity index (χ2v) is 5.67. The van der Waals surface area contributed by atoms with Gasteiger partial charge in [0, 0.05) is 23.1 Å². The lowest BCUT2D eigenvalue weighted by Crippen LogP contribution is -2.35. The zero-order valence-electron chi connectivity index (χ0n) is 11.7. The van der Waals surface area contributed by atoms with E-state index in [2.05, 4.69) is 21.2 Å². The molecule has 0 atom stereocenters. The van der Waals surface area contributed by atoms with Gasteiger partial charge in [-0.05, 0) is 38.1 Å². The summed E-state index contributed by atoms with van der Waals surface area (Å²) in [6.07, 6.45) is 0.932. The average Bonchev–Trinajstić information content (AvgIpc) is 2.32. The maximum absolute atomic E-state index is 11.6. The summed E-state index contributed by atoms with van der Waals surface area (Å²) >= 11 is 3.41. The smallest absolute Gasteiger partial charge is 0.234 e. The molecule has 0 aliphatic heterocycles. The van der Waals surface area contributed by atoms with E-state index in [-0.39, 0.29) is 5.91 Å². The highest BCUT2D eigenvalue weighted by Gasteiger charge is 2.11. The molecule has 0 bridgehead atoms. The quantitative estimate of drug-likeness (QED) is 0.843. The predicted octanol–water partition coefficient (Wildman–Crippen LogP) is 2.42. The number of carbonyl (C=O) groups is 1. The number of halogens is 1. The Morgan fingerprint density at radius 1 is 1.47 bits per heavy atom. The fourth-order valence-corrected chi connectivity index (χ4v) is 2.46. The van der Waals surface area contributed by atoms with Gasteiger partial charge in [0.2, 0.25) is 5.91 Å². The van der Waals surface area contributed by atoms with E-state index in [4.69, 9.17) is 0 Å². The third kappa shape index (κ3) is 5.20. The molecule has 0 radical (unpaired) electrons. The summed E-state index contributed by atoms with van der Waals surface area (Å²) in [6, 6.07) is 3.75. The molecule has 1 aromatic carbocycles. The maximum Gasteiger partial charge on any atom is 0.234 e. The van der Waals surface area contributed by atoms with Gasteiger partial charge in [-0.2, -0.15) is 0 Å². The van der Waals surface area contributed by atoms with Gasteiger partial charge in [-0.3, -0.25) is 9.69 Å². The standard InChI is InChI=1S/C14H21BrN2O2/c1-4-5-16-13(18)9-17(3)8-11-7-12(15)6-10(2)14(11)19/h6-7,19H,4-5,8-9H2,1-3H3,(H,16,18). The Morgan fingerprint density at radius 2 is 2.16 bits per heavy atom. The number of carbonyl (C=O) groups excluding carboxylic acids is 1. The molecule has 4 nitrogen and oxygen atoms in total. The van der Waals surface area contributed by atoms with Crippen molar-refractivity contribution < 1.29 is 9.90 Å². The number of likely N-dealkylation sites (N-methyl/N-ethyl adjacent to an activating group) is 1. The zero-order valence-corrected chi connectivity index (χ0v) is 13.2. The van der Waals surface area contributed by atoms with E-state index in [9.17, 15) is 9.90 Å². The summed E-state index contributed by atoms with van der Waals surface area (Å²) in [5.41, 5.74) is 1.64. The van der Waals surface area contributed by atoms with Crippen LogP contribution in [-0.4, -0.2) is 36.1 Å². The minimum atomic E-state index is 0.00978. The molecule has 0 unspecified atom stereocenters. The van der Waals surface area contributed by atoms with Crippen molar-refractivity contribution >= 4 is 21.8 Å². The number of phenolic OH excluding ortho intramolecular Hbond substituents is 1. The van der Waals surface area contributed by atoms with E-state index < -0.39 is 0 Å². The number of nitrogens with zero attached hydrogens (tertiary/aromatic N) is 1. The molecule has 1 rings (SSSR count). The van der Waals surface area contributed by atoms with E-state index in [1.165, 1.54) is 0 Å². The van der Waals surface area contributed by atoms with Gasteiger partial charge in [0.05, 0.1) is 6.54 Å². The lowest BCUT2D eigenvalue weighted by atomic mass is 10.1. The molecule has 2 N–H and O–H groups in total. The first kappa shape index (κ1) is 16.0. The van der Waals surface area contributed by atoms with Crippen molar-refractivity contribution in [2.75, 3.05) is 20.1 Å². The first-order valence-corrected chi connectivity index (χ1v) is 7.16. The number of benzene rings is 1. The van der Waals surface area contributed by atoms with E-state index in [0.29, 0.717) is 25.4 Å². The number of hydrogen-bond acceptors (Lipinski definition) is 3. The van der Waals surface area contributed by atoms with Crippen LogP contribution < -0.4 is 5.32 Å². The van der Waals surface area contributed by atoms with E-state index in [0.717, 1.165) is 22.0 Å². The largest absolute Gasteiger partial charge is 0.507 e. The predicted molar refractivity (Wildman–Crippen MR) is 80.2 cm³/mol. The van der Waals surface area contributed by atoms with Crippen LogP contribution in [0, 0.1) is 6.92 Å². The second-order valence-electron chi connectivity index (χ2n) is 4.75. The fraction of sp³-hybridized carbons (Fsp3) is 0.500. The molecule has 1 aromatic rings. The van der Waals surface area contributed by atoms with Crippen LogP contribution in [0.1, 0.15) is 24.5 Å². The Kier molecular flexibility index (Phi) is 6.31. The van der Waals surface area contributed by atoms with Crippen LogP contribution in [0.15, 0.2) is 16.6 Å². The molecule has 5 heteroatoms. The third-order valence-corrected chi connectivity index (χ3v) is 3.23. The molecule has 0 fully saturated rings. The number of aryl methyl sites for hydroxylation is 1. The molecular weight excluding hydrogens is 308 g/mol. The Bertz CT molecular complexity index is 449. The fourth-order valence-electron chi connectivity index (χ4n) is 1.84. The summed E-state index contributed by atoms with van der Waals surface area (Å²) in [6.45, 7) is 5.44. The van der Waals surface area contributed by atoms with Crippen LogP contribution >= 0.6 is 15.9 Å². The zero-order chi connectivity index (χ0) is 14.4. The number of nitrogens with one attached hydrogen (secondary N) is 1. The van der Waals surface area contributed by atoms with Crippen molar-refractivity contribution in [3.05, 3.63) is 27.7 Å². The van der Waals surface area contributed by atoms with Gasteiger partial charge in [0.15, 0.2) is 0 Å². The lowest BCUT2D eigenvalue weighted by Gasteiger charge is -2.18. The van der Waals surface area contributed by atoms with Crippen molar-refractivity contribution in [3.8, 4) is 5.75 Å². The Balaban J connectivity index is 2.62. The maximum atomic E-state index is 11.6. The Hall–Kier alpha value is -1.07. The Labute approximate surface area is 122 Å². The molecule has 1 amide bonds. The van der Waals surface area contributed by atoms with Gasteiger partial charge in [0.25, 0.3) is 0 Å². The monoisotopic (exact) mass is 328 g/mol. The van der Waals surface area contributed by atoms with Crippen LogP contribution in [0.4, 0.5) is 0 Å². The SMILES string of the molecule is CCCNC(=O)CN(C)Cc1cc(Br)cc(C)c1O. The number of hydrogen-bond donors (Lipinski definition) is 2. The van der Waals surface area contributed by atoms with Gasteiger partial charge >= 0.3 is 0 Å². The van der Waals surface area contributed by atoms with Gasteiger partial charge in [0.1, 0.15) is 5.75 Å². The molecule has 0 aliphatic carbocycles. The van der Waals surface area contributed by atoms with Crippen molar-refractivity contribution in [3.63, 3.8) is 0 Å². The molecule has 19 heavy (non-hydrogen) atoms. The van der Waals surface area contributed by atoms with Gasteiger partial charge in [-0.1, -0.05) is 22.9 Å². The molecular formula is C14H21BrN2O2. The van der Waals surface area contributed by atoms with E-state index in [1.807, 2.05) is 37.9 Å². The van der Waals surface area contributed by atoms with Gasteiger partial charge < -0.3 is 10.4 Å². The second kappa shape index (κ2) is 7.50. The van der Waals surface area contributed by atoms with Crippen molar-refractivity contribution in [2.45, 2.75) is 26.8 Å². The van der Waals surface area contributed by atoms with Crippen molar-refractivity contribution in [1.29, 1.82) is 0 Å². The molecule has 0 saturated heterocycles. The van der Waals surface area contributed by atoms with Crippen LogP contribution in [0.25, 0.3) is 0 Å². The van der Waals surface area contributed by atoms with Gasteiger partial charge in [-0.25, -0.2) is 0 Å². The highest BCUT2D eigenvalue weighted by molar-refractivity contribution is 9.10. The van der Waals surface area contributed by atoms with Crippen LogP contribution in [-0.2, 0) is 11.3 Å². The minimum Gasteiger partial charge on any atom is -0.507 e. The lowest BCUT2D eigenvalue weighted by molar-refractivity contribution is -0.122. The summed E-state index contributed by atoms with van der Waals surface area (Å²) in [4.78, 5) is 13.5. The molecule has 106 valence electrons. The first-order valence-electron chi connectivity index (χ1n) is 6.37. The van der Waals surface area contributed by atoms with Gasteiger partial charge in [-0.15, -0.1) is 0 Å². The summed E-state index contributed by atoms with van der Waals surface area (Å²) in [7, 11) is 1.86. The van der Waals surface area contributed by atoms with Crippen LogP contribution in [0.3, 0.4) is 0 Å². The average molecular weight is 329 g/mol. The summed E-state index contributed by atoms with van der Waals surface area (Å²) in [5.74, 6) is 0.305. The van der Waals surface area contributed by atoms with Crippen molar-refractivity contribution in [1.82, 2.24) is 10.2 Å². The number of amides is 1. The molecule has 0 spiro atoms. The van der Waals surface area contributed by atoms with Crippen molar-refractivity contribution in [2.24, 2.45) is 0 Å². The number of rotatable bonds is 6. The van der Waals surface area contributed by atoms with E-state index >= 15 is 0 Å². The number of phenols is 1. The minimum absolute atomic E-state index is 0.00978. The molecule has 0 saturated carbocycles. The van der Waals surface area contributed by atoms with Crippen LogP contribution in [0.2, 0.25) is 0 Å². The summed E-state index contributed by atoms with van der Waals surface area (Å²) < 4.78 is 0.932. The highest BCUT2D eigenvalue weighted by atomic mass is 79.9. The topological polar surface area (TPSA) is 52.6 Å². The number of aromatic hydroxyl groups is 1. The molecule has 0 aromatic heterocycles. The Morgan fingerprint density at radius 3 is 2.79 bits per heavy atom. The highest BCUT2D eigenvalue weighted by Crippen LogP contribution is 2.27. The first-order chi connectivity index (χ1) is 8.93. The third-order valence-electron chi connectivity index (χ3n) is 2.77. The van der Waals surface area contributed by atoms with E-state index in [1.54, 1.807) is 0 Å². The molecule has 0 aliphatic rings. The molecule has 0 heterocycles.